The zero-order valence-electron chi connectivity index (χ0n) is 12.5. The topological polar surface area (TPSA) is 30.5 Å². The van der Waals surface area contributed by atoms with Crippen LogP contribution < -0.4 is 5.32 Å². The van der Waals surface area contributed by atoms with Crippen molar-refractivity contribution in [2.45, 2.75) is 70.9 Å². The molecule has 1 atom stereocenters. The van der Waals surface area contributed by atoms with Gasteiger partial charge in [-0.05, 0) is 53.0 Å². The van der Waals surface area contributed by atoms with Crippen LogP contribution in [0.25, 0.3) is 0 Å². The third kappa shape index (κ3) is 8.90. The summed E-state index contributed by atoms with van der Waals surface area (Å²) < 4.78 is 11.1. The van der Waals surface area contributed by atoms with Gasteiger partial charge in [-0.25, -0.2) is 0 Å². The molecule has 1 aliphatic rings. The lowest BCUT2D eigenvalue weighted by atomic mass is 10.1. The second-order valence-electron chi connectivity index (χ2n) is 6.30. The van der Waals surface area contributed by atoms with Gasteiger partial charge >= 0.3 is 0 Å². The van der Waals surface area contributed by atoms with E-state index in [4.69, 9.17) is 9.47 Å². The molecular formula is C15H31NO2. The number of ether oxygens (including phenoxy) is 2. The number of hydrogen-bond acceptors (Lipinski definition) is 3. The standard InChI is InChI=1S/C15H31NO2/c1-15(2,3)16-10-6-4-5-7-11-17-13-14-9-8-12-18-14/h14,16H,4-13H2,1-3H3. The molecule has 0 aromatic carbocycles. The van der Waals surface area contributed by atoms with Crippen LogP contribution in [-0.4, -0.2) is 38.0 Å². The van der Waals surface area contributed by atoms with Crippen molar-refractivity contribution < 1.29 is 9.47 Å². The minimum atomic E-state index is 0.254. The molecule has 0 aliphatic carbocycles. The molecule has 0 saturated carbocycles. The van der Waals surface area contributed by atoms with Crippen LogP contribution in [-0.2, 0) is 9.47 Å². The van der Waals surface area contributed by atoms with Crippen molar-refractivity contribution in [2.75, 3.05) is 26.4 Å². The molecule has 1 rings (SSSR count). The molecule has 108 valence electrons. The predicted octanol–water partition coefficient (Wildman–Crippen LogP) is 3.13. The Morgan fingerprint density at radius 1 is 1.17 bits per heavy atom. The van der Waals surface area contributed by atoms with E-state index in [2.05, 4.69) is 26.1 Å². The van der Waals surface area contributed by atoms with Crippen molar-refractivity contribution in [1.29, 1.82) is 0 Å². The van der Waals surface area contributed by atoms with Crippen LogP contribution in [0.15, 0.2) is 0 Å². The Hall–Kier alpha value is -0.120. The molecule has 0 radical (unpaired) electrons. The monoisotopic (exact) mass is 257 g/mol. The minimum Gasteiger partial charge on any atom is -0.379 e. The van der Waals surface area contributed by atoms with Gasteiger partial charge < -0.3 is 14.8 Å². The largest absolute Gasteiger partial charge is 0.379 e. The lowest BCUT2D eigenvalue weighted by Crippen LogP contribution is -2.36. The smallest absolute Gasteiger partial charge is 0.0809 e. The maximum Gasteiger partial charge on any atom is 0.0809 e. The van der Waals surface area contributed by atoms with E-state index in [0.717, 1.165) is 26.4 Å². The normalized spacial score (nSPS) is 20.5. The number of unbranched alkanes of at least 4 members (excludes halogenated alkanes) is 3. The highest BCUT2D eigenvalue weighted by molar-refractivity contribution is 4.69. The first-order valence-corrected chi connectivity index (χ1v) is 7.52. The number of rotatable bonds is 9. The van der Waals surface area contributed by atoms with E-state index in [0.29, 0.717) is 6.10 Å². The van der Waals surface area contributed by atoms with Crippen LogP contribution in [0.5, 0.6) is 0 Å². The first-order valence-electron chi connectivity index (χ1n) is 7.52. The highest BCUT2D eigenvalue weighted by atomic mass is 16.5. The zero-order chi connectivity index (χ0) is 13.3. The molecule has 1 heterocycles. The van der Waals surface area contributed by atoms with E-state index in [1.807, 2.05) is 0 Å². The highest BCUT2D eigenvalue weighted by Crippen LogP contribution is 2.12. The lowest BCUT2D eigenvalue weighted by Gasteiger charge is -2.20. The molecule has 1 unspecified atom stereocenters. The van der Waals surface area contributed by atoms with Gasteiger partial charge in [0.15, 0.2) is 0 Å². The molecule has 0 aromatic rings. The van der Waals surface area contributed by atoms with Gasteiger partial charge in [-0.1, -0.05) is 12.8 Å². The van der Waals surface area contributed by atoms with E-state index >= 15 is 0 Å². The summed E-state index contributed by atoms with van der Waals surface area (Å²) in [7, 11) is 0. The summed E-state index contributed by atoms with van der Waals surface area (Å²) in [4.78, 5) is 0. The van der Waals surface area contributed by atoms with E-state index < -0.39 is 0 Å². The van der Waals surface area contributed by atoms with E-state index in [9.17, 15) is 0 Å². The summed E-state index contributed by atoms with van der Waals surface area (Å²) in [5.74, 6) is 0. The van der Waals surface area contributed by atoms with Crippen LogP contribution in [0, 0.1) is 0 Å². The van der Waals surface area contributed by atoms with Crippen LogP contribution in [0.3, 0.4) is 0 Å². The van der Waals surface area contributed by atoms with Crippen molar-refractivity contribution >= 4 is 0 Å². The summed E-state index contributed by atoms with van der Waals surface area (Å²) in [6.45, 7) is 10.4. The quantitative estimate of drug-likeness (QED) is 0.644. The molecule has 1 N–H and O–H groups in total. The van der Waals surface area contributed by atoms with Gasteiger partial charge in [0.05, 0.1) is 12.7 Å². The second-order valence-corrected chi connectivity index (χ2v) is 6.30. The average Bonchev–Trinajstić information content (AvgIpc) is 2.78. The first kappa shape index (κ1) is 15.9. The van der Waals surface area contributed by atoms with E-state index in [1.165, 1.54) is 38.5 Å². The van der Waals surface area contributed by atoms with Gasteiger partial charge in [0.25, 0.3) is 0 Å². The summed E-state index contributed by atoms with van der Waals surface area (Å²) in [6, 6.07) is 0. The van der Waals surface area contributed by atoms with Gasteiger partial charge in [-0.3, -0.25) is 0 Å². The summed E-state index contributed by atoms with van der Waals surface area (Å²) in [5, 5.41) is 3.51. The Labute approximate surface area is 113 Å². The Morgan fingerprint density at radius 2 is 1.94 bits per heavy atom. The molecule has 0 aromatic heterocycles. The third-order valence-corrected chi connectivity index (χ3v) is 3.20. The Bertz CT molecular complexity index is 195. The Morgan fingerprint density at radius 3 is 2.61 bits per heavy atom. The summed E-state index contributed by atoms with van der Waals surface area (Å²) >= 11 is 0. The van der Waals surface area contributed by atoms with Crippen LogP contribution in [0.4, 0.5) is 0 Å². The fourth-order valence-electron chi connectivity index (χ4n) is 2.14. The summed E-state index contributed by atoms with van der Waals surface area (Å²) in [6.07, 6.45) is 7.78. The van der Waals surface area contributed by atoms with Crippen molar-refractivity contribution in [3.63, 3.8) is 0 Å². The van der Waals surface area contributed by atoms with Crippen LogP contribution >= 0.6 is 0 Å². The van der Waals surface area contributed by atoms with Crippen molar-refractivity contribution in [3.05, 3.63) is 0 Å². The summed E-state index contributed by atoms with van der Waals surface area (Å²) in [5.41, 5.74) is 0.254. The zero-order valence-corrected chi connectivity index (χ0v) is 12.5. The maximum absolute atomic E-state index is 5.64. The van der Waals surface area contributed by atoms with Gasteiger partial charge in [0.2, 0.25) is 0 Å². The molecular weight excluding hydrogens is 226 g/mol. The number of hydrogen-bond donors (Lipinski definition) is 1. The molecule has 3 heteroatoms. The minimum absolute atomic E-state index is 0.254. The maximum atomic E-state index is 5.64. The highest BCUT2D eigenvalue weighted by Gasteiger charge is 2.14. The molecule has 1 aliphatic heterocycles. The Kier molecular flexibility index (Phi) is 7.87. The van der Waals surface area contributed by atoms with E-state index in [-0.39, 0.29) is 5.54 Å². The van der Waals surface area contributed by atoms with Crippen molar-refractivity contribution in [2.24, 2.45) is 0 Å². The molecule has 0 bridgehead atoms. The molecule has 0 spiro atoms. The van der Waals surface area contributed by atoms with Gasteiger partial charge in [0, 0.05) is 18.8 Å². The second kappa shape index (κ2) is 8.89. The molecule has 0 amide bonds. The van der Waals surface area contributed by atoms with Gasteiger partial charge in [0.1, 0.15) is 0 Å². The fraction of sp³-hybridized carbons (Fsp3) is 1.00. The predicted molar refractivity (Wildman–Crippen MR) is 76.0 cm³/mol. The fourth-order valence-corrected chi connectivity index (χ4v) is 2.14. The molecule has 18 heavy (non-hydrogen) atoms. The van der Waals surface area contributed by atoms with Crippen molar-refractivity contribution in [1.82, 2.24) is 5.32 Å². The lowest BCUT2D eigenvalue weighted by molar-refractivity contribution is 0.0161. The molecule has 1 saturated heterocycles. The van der Waals surface area contributed by atoms with Crippen LogP contribution in [0.1, 0.15) is 59.3 Å². The van der Waals surface area contributed by atoms with Crippen molar-refractivity contribution in [3.8, 4) is 0 Å². The first-order chi connectivity index (χ1) is 8.58. The molecule has 1 fully saturated rings. The van der Waals surface area contributed by atoms with E-state index in [1.54, 1.807) is 0 Å². The number of nitrogens with one attached hydrogen (secondary N) is 1. The van der Waals surface area contributed by atoms with Gasteiger partial charge in [-0.2, -0.15) is 0 Å². The molecule has 3 nitrogen and oxygen atoms in total. The van der Waals surface area contributed by atoms with Crippen LogP contribution in [0.2, 0.25) is 0 Å². The third-order valence-electron chi connectivity index (χ3n) is 3.20. The van der Waals surface area contributed by atoms with Gasteiger partial charge in [-0.15, -0.1) is 0 Å². The average molecular weight is 257 g/mol. The Balaban J connectivity index is 1.76. The SMILES string of the molecule is CC(C)(C)NCCCCCCOCC1CCCO1.